The monoisotopic (exact) mass is 390 g/mol. The van der Waals surface area contributed by atoms with E-state index in [0.717, 1.165) is 35.9 Å². The number of rotatable bonds is 8. The van der Waals surface area contributed by atoms with Gasteiger partial charge < -0.3 is 15.0 Å². The van der Waals surface area contributed by atoms with E-state index in [1.54, 1.807) is 19.1 Å². The molecular formula is C23H26N4O2. The quantitative estimate of drug-likeness (QED) is 0.551. The number of carbonyl (C=O) groups excluding carboxylic acids is 1. The Hall–Kier alpha value is -3.41. The molecule has 3 aromatic rings. The zero-order chi connectivity index (χ0) is 20.6. The number of carbonyl (C=O) groups is 1. The Bertz CT molecular complexity index is 939. The second-order valence-corrected chi connectivity index (χ2v) is 6.40. The third kappa shape index (κ3) is 5.10. The molecule has 0 amide bonds. The molecule has 0 saturated heterocycles. The van der Waals surface area contributed by atoms with E-state index in [4.69, 9.17) is 14.7 Å². The Morgan fingerprint density at radius 1 is 0.966 bits per heavy atom. The van der Waals surface area contributed by atoms with Crippen LogP contribution in [0.25, 0.3) is 11.3 Å². The highest BCUT2D eigenvalue weighted by atomic mass is 16.5. The molecule has 0 spiro atoms. The van der Waals surface area contributed by atoms with Crippen molar-refractivity contribution in [3.8, 4) is 11.3 Å². The minimum atomic E-state index is -0.329. The summed E-state index contributed by atoms with van der Waals surface area (Å²) in [6, 6.07) is 19.2. The number of aromatic nitrogens is 2. The topological polar surface area (TPSA) is 67.3 Å². The molecule has 2 aromatic carbocycles. The normalized spacial score (nSPS) is 10.4. The first-order valence-corrected chi connectivity index (χ1v) is 9.88. The molecule has 0 aliphatic rings. The average Bonchev–Trinajstić information content (AvgIpc) is 2.76. The van der Waals surface area contributed by atoms with Crippen molar-refractivity contribution in [2.45, 2.75) is 20.8 Å². The van der Waals surface area contributed by atoms with Gasteiger partial charge in [0.25, 0.3) is 0 Å². The molecule has 29 heavy (non-hydrogen) atoms. The Morgan fingerprint density at radius 3 is 2.28 bits per heavy atom. The van der Waals surface area contributed by atoms with Gasteiger partial charge in [-0.15, -0.1) is 0 Å². The maximum atomic E-state index is 11.8. The van der Waals surface area contributed by atoms with Gasteiger partial charge in [-0.2, -0.15) is 4.98 Å². The fourth-order valence-corrected chi connectivity index (χ4v) is 2.99. The van der Waals surface area contributed by atoms with Crippen molar-refractivity contribution < 1.29 is 9.53 Å². The van der Waals surface area contributed by atoms with Gasteiger partial charge in [-0.3, -0.25) is 0 Å². The van der Waals surface area contributed by atoms with Gasteiger partial charge in [-0.05, 0) is 45.0 Å². The highest BCUT2D eigenvalue weighted by molar-refractivity contribution is 5.89. The molecule has 3 rings (SSSR count). The predicted molar refractivity (Wildman–Crippen MR) is 117 cm³/mol. The van der Waals surface area contributed by atoms with Crippen LogP contribution in [0.5, 0.6) is 0 Å². The molecule has 0 radical (unpaired) electrons. The Labute approximate surface area is 171 Å². The van der Waals surface area contributed by atoms with E-state index in [1.165, 1.54) is 0 Å². The largest absolute Gasteiger partial charge is 0.462 e. The van der Waals surface area contributed by atoms with Crippen molar-refractivity contribution in [2.24, 2.45) is 0 Å². The summed E-state index contributed by atoms with van der Waals surface area (Å²) in [4.78, 5) is 23.4. The first-order valence-electron chi connectivity index (χ1n) is 9.88. The highest BCUT2D eigenvalue weighted by Crippen LogP contribution is 2.25. The van der Waals surface area contributed by atoms with E-state index in [0.29, 0.717) is 18.1 Å². The lowest BCUT2D eigenvalue weighted by molar-refractivity contribution is 0.0526. The number of hydrogen-bond acceptors (Lipinski definition) is 6. The third-order valence-corrected chi connectivity index (χ3v) is 4.52. The van der Waals surface area contributed by atoms with Gasteiger partial charge in [0.2, 0.25) is 5.95 Å². The minimum Gasteiger partial charge on any atom is -0.462 e. The summed E-state index contributed by atoms with van der Waals surface area (Å²) < 4.78 is 5.03. The van der Waals surface area contributed by atoms with Gasteiger partial charge in [0.05, 0.1) is 17.9 Å². The molecule has 0 bridgehead atoms. The SMILES string of the molecule is CCOC(=O)c1ccc(Nc2nc(-c3ccccc3)cc(N(CC)CC)n2)cc1. The lowest BCUT2D eigenvalue weighted by Crippen LogP contribution is -2.23. The Morgan fingerprint density at radius 2 is 1.66 bits per heavy atom. The maximum Gasteiger partial charge on any atom is 0.338 e. The van der Waals surface area contributed by atoms with Crippen molar-refractivity contribution in [1.82, 2.24) is 9.97 Å². The molecule has 1 N–H and O–H groups in total. The lowest BCUT2D eigenvalue weighted by atomic mass is 10.1. The molecule has 0 aliphatic heterocycles. The first kappa shape index (κ1) is 20.3. The first-order chi connectivity index (χ1) is 14.1. The van der Waals surface area contributed by atoms with Gasteiger partial charge in [0, 0.05) is 30.4 Å². The summed E-state index contributed by atoms with van der Waals surface area (Å²) in [5, 5.41) is 3.25. The number of esters is 1. The molecule has 0 aliphatic carbocycles. The molecule has 6 heteroatoms. The van der Waals surface area contributed by atoms with Crippen molar-refractivity contribution in [1.29, 1.82) is 0 Å². The predicted octanol–water partition coefficient (Wildman–Crippen LogP) is 4.91. The number of benzene rings is 2. The Kier molecular flexibility index (Phi) is 6.79. The number of nitrogens with one attached hydrogen (secondary N) is 1. The second-order valence-electron chi connectivity index (χ2n) is 6.40. The summed E-state index contributed by atoms with van der Waals surface area (Å²) in [5.74, 6) is 1.05. The molecule has 0 atom stereocenters. The van der Waals surface area contributed by atoms with Crippen LogP contribution >= 0.6 is 0 Å². The standard InChI is InChI=1S/C23H26N4O2/c1-4-27(5-2)21-16-20(17-10-8-7-9-11-17)25-23(26-21)24-19-14-12-18(13-15-19)22(28)29-6-3/h7-16H,4-6H2,1-3H3,(H,24,25,26). The van der Waals surface area contributed by atoms with E-state index in [9.17, 15) is 4.79 Å². The second kappa shape index (κ2) is 9.68. The average molecular weight is 390 g/mol. The van der Waals surface area contributed by atoms with E-state index in [2.05, 4.69) is 24.1 Å². The number of anilines is 3. The molecule has 0 unspecified atom stereocenters. The third-order valence-electron chi connectivity index (χ3n) is 4.52. The van der Waals surface area contributed by atoms with Gasteiger partial charge >= 0.3 is 5.97 Å². The van der Waals surface area contributed by atoms with Crippen molar-refractivity contribution in [2.75, 3.05) is 29.9 Å². The van der Waals surface area contributed by atoms with Crippen LogP contribution in [-0.4, -0.2) is 35.6 Å². The molecule has 1 aromatic heterocycles. The van der Waals surface area contributed by atoms with Crippen molar-refractivity contribution >= 4 is 23.4 Å². The number of nitrogens with zero attached hydrogens (tertiary/aromatic N) is 3. The molecule has 0 fully saturated rings. The van der Waals surface area contributed by atoms with Gasteiger partial charge in [0.1, 0.15) is 5.82 Å². The van der Waals surface area contributed by atoms with Gasteiger partial charge in [-0.25, -0.2) is 9.78 Å². The number of hydrogen-bond donors (Lipinski definition) is 1. The highest BCUT2D eigenvalue weighted by Gasteiger charge is 2.12. The van der Waals surface area contributed by atoms with Crippen LogP contribution < -0.4 is 10.2 Å². The van der Waals surface area contributed by atoms with Crippen LogP contribution in [0, 0.1) is 0 Å². The van der Waals surface area contributed by atoms with Crippen LogP contribution in [0.3, 0.4) is 0 Å². The summed E-state index contributed by atoms with van der Waals surface area (Å²) in [5.41, 5.74) is 3.20. The van der Waals surface area contributed by atoms with Crippen LogP contribution in [0.2, 0.25) is 0 Å². The molecular weight excluding hydrogens is 364 g/mol. The van der Waals surface area contributed by atoms with Crippen LogP contribution in [0.15, 0.2) is 60.7 Å². The van der Waals surface area contributed by atoms with Crippen LogP contribution in [0.1, 0.15) is 31.1 Å². The van der Waals surface area contributed by atoms with Crippen LogP contribution in [-0.2, 0) is 4.74 Å². The van der Waals surface area contributed by atoms with E-state index >= 15 is 0 Å². The molecule has 1 heterocycles. The maximum absolute atomic E-state index is 11.8. The summed E-state index contributed by atoms with van der Waals surface area (Å²) in [7, 11) is 0. The lowest BCUT2D eigenvalue weighted by Gasteiger charge is -2.21. The zero-order valence-corrected chi connectivity index (χ0v) is 17.1. The van der Waals surface area contributed by atoms with Crippen molar-refractivity contribution in [3.63, 3.8) is 0 Å². The minimum absolute atomic E-state index is 0.329. The molecule has 6 nitrogen and oxygen atoms in total. The van der Waals surface area contributed by atoms with Crippen molar-refractivity contribution in [3.05, 3.63) is 66.2 Å². The van der Waals surface area contributed by atoms with E-state index in [-0.39, 0.29) is 5.97 Å². The Balaban J connectivity index is 1.91. The van der Waals surface area contributed by atoms with Gasteiger partial charge in [-0.1, -0.05) is 30.3 Å². The smallest absolute Gasteiger partial charge is 0.338 e. The molecule has 150 valence electrons. The fourth-order valence-electron chi connectivity index (χ4n) is 2.99. The molecule has 0 saturated carbocycles. The zero-order valence-electron chi connectivity index (χ0n) is 17.1. The van der Waals surface area contributed by atoms with Gasteiger partial charge in [0.15, 0.2) is 0 Å². The summed E-state index contributed by atoms with van der Waals surface area (Å²) >= 11 is 0. The van der Waals surface area contributed by atoms with E-state index in [1.807, 2.05) is 48.5 Å². The number of ether oxygens (including phenoxy) is 1. The van der Waals surface area contributed by atoms with Crippen LogP contribution in [0.4, 0.5) is 17.5 Å². The van der Waals surface area contributed by atoms with E-state index < -0.39 is 0 Å². The summed E-state index contributed by atoms with van der Waals surface area (Å²) in [6.07, 6.45) is 0. The summed E-state index contributed by atoms with van der Waals surface area (Å²) in [6.45, 7) is 8.07. The fraction of sp³-hybridized carbons (Fsp3) is 0.261.